The van der Waals surface area contributed by atoms with Gasteiger partial charge in [-0.1, -0.05) is 6.92 Å². The molecule has 6 aliphatic carbocycles. The molecule has 0 aromatic heterocycles. The lowest BCUT2D eigenvalue weighted by Crippen LogP contribution is -2.64. The summed E-state index contributed by atoms with van der Waals surface area (Å²) < 4.78 is 19.3. The van der Waals surface area contributed by atoms with Crippen molar-refractivity contribution in [3.63, 3.8) is 0 Å². The molecule has 0 aromatic rings. The summed E-state index contributed by atoms with van der Waals surface area (Å²) in [5.41, 5.74) is 13.6. The number of fused-ring (bicyclic) bond motifs is 4. The first-order valence-corrected chi connectivity index (χ1v) is 17.3. The van der Waals surface area contributed by atoms with Gasteiger partial charge in [0.15, 0.2) is 6.29 Å². The van der Waals surface area contributed by atoms with Gasteiger partial charge in [0.25, 0.3) is 0 Å². The van der Waals surface area contributed by atoms with Crippen LogP contribution in [0.3, 0.4) is 0 Å². The molecule has 0 radical (unpaired) electrons. The zero-order chi connectivity index (χ0) is 29.1. The fourth-order valence-electron chi connectivity index (χ4n) is 12.5. The van der Waals surface area contributed by atoms with Crippen LogP contribution in [0.1, 0.15) is 104 Å². The van der Waals surface area contributed by atoms with Crippen LogP contribution in [-0.2, 0) is 23.8 Å². The minimum absolute atomic E-state index is 0.00855. The van der Waals surface area contributed by atoms with Gasteiger partial charge in [0.05, 0.1) is 37.9 Å². The Kier molecular flexibility index (Phi) is 6.49. The van der Waals surface area contributed by atoms with Crippen LogP contribution in [0.25, 0.3) is 0 Å². The second kappa shape index (κ2) is 9.64. The molecule has 8 rings (SSSR count). The topological polar surface area (TPSA) is 117 Å². The first-order chi connectivity index (χ1) is 20.1. The largest absolute Gasteiger partial charge is 0.374 e. The lowest BCUT2D eigenvalue weighted by Gasteiger charge is -2.59. The highest BCUT2D eigenvalue weighted by molar-refractivity contribution is 5.76. The summed E-state index contributed by atoms with van der Waals surface area (Å²) in [7, 11) is 0. The van der Waals surface area contributed by atoms with Crippen molar-refractivity contribution in [1.82, 2.24) is 4.90 Å². The van der Waals surface area contributed by atoms with Gasteiger partial charge in [0, 0.05) is 18.5 Å². The predicted octanol–water partition coefficient (Wildman–Crippen LogP) is 4.13. The number of ether oxygens (including phenoxy) is 3. The molecule has 8 nitrogen and oxygen atoms in total. The van der Waals surface area contributed by atoms with Crippen LogP contribution in [0.4, 0.5) is 0 Å². The molecule has 2 aliphatic heterocycles. The highest BCUT2D eigenvalue weighted by Gasteiger charge is 2.81. The number of primary amides is 1. The van der Waals surface area contributed by atoms with Crippen molar-refractivity contribution in [3.8, 4) is 0 Å². The van der Waals surface area contributed by atoms with Gasteiger partial charge < -0.3 is 30.6 Å². The van der Waals surface area contributed by atoms with Crippen LogP contribution in [0.2, 0.25) is 0 Å². The highest BCUT2D eigenvalue weighted by Crippen LogP contribution is 2.86. The zero-order valence-corrected chi connectivity index (χ0v) is 25.9. The summed E-state index contributed by atoms with van der Waals surface area (Å²) in [5.74, 6) is 3.18. The van der Waals surface area contributed by atoms with Crippen LogP contribution < -0.4 is 11.5 Å². The van der Waals surface area contributed by atoms with E-state index in [1.165, 1.54) is 57.8 Å². The minimum atomic E-state index is -0.397. The van der Waals surface area contributed by atoms with Crippen molar-refractivity contribution in [1.29, 1.82) is 0 Å². The van der Waals surface area contributed by atoms with E-state index in [1.807, 2.05) is 4.90 Å². The molecular weight excluding hydrogens is 530 g/mol. The SMILES string of the molecule is CC1(N)C2CCC3C4CC5OC(CC(N)=O)CCC5[C@@]4(C)CCC34CC24CC[C@@H]1OC1CN(C(=O)CC2CC2)CCO1. The smallest absolute Gasteiger partial charge is 0.223 e. The monoisotopic (exact) mass is 583 g/mol. The second-order valence-corrected chi connectivity index (χ2v) is 16.5. The number of nitrogens with two attached hydrogens (primary N) is 2. The molecule has 12 atom stereocenters. The first kappa shape index (κ1) is 28.3. The third kappa shape index (κ3) is 4.13. The lowest BCUT2D eigenvalue weighted by atomic mass is 9.47. The summed E-state index contributed by atoms with van der Waals surface area (Å²) in [4.78, 5) is 26.4. The molecule has 8 aliphatic rings. The Hall–Kier alpha value is -1.22. The number of carbonyl (C=O) groups excluding carboxylic acids is 2. The Bertz CT molecular complexity index is 1130. The summed E-state index contributed by atoms with van der Waals surface area (Å²) in [6.45, 7) is 6.59. The molecule has 6 saturated carbocycles. The van der Waals surface area contributed by atoms with Crippen molar-refractivity contribution in [2.45, 2.75) is 134 Å². The molecule has 0 aromatic carbocycles. The Balaban J connectivity index is 0.955. The summed E-state index contributed by atoms with van der Waals surface area (Å²) in [5, 5.41) is 0. The summed E-state index contributed by atoms with van der Waals surface area (Å²) in [6, 6.07) is 0. The number of morpholine rings is 1. The van der Waals surface area contributed by atoms with Gasteiger partial charge in [0.2, 0.25) is 11.8 Å². The molecular formula is C34H53N3O5. The van der Waals surface area contributed by atoms with Gasteiger partial charge in [-0.2, -0.15) is 0 Å². The number of carbonyl (C=O) groups is 2. The summed E-state index contributed by atoms with van der Waals surface area (Å²) in [6.07, 6.45) is 15.2. The maximum Gasteiger partial charge on any atom is 0.223 e. The van der Waals surface area contributed by atoms with Crippen LogP contribution in [0, 0.1) is 45.8 Å². The second-order valence-electron chi connectivity index (χ2n) is 16.5. The van der Waals surface area contributed by atoms with E-state index in [0.29, 0.717) is 72.5 Å². The van der Waals surface area contributed by atoms with Crippen molar-refractivity contribution >= 4 is 11.8 Å². The average Bonchev–Trinajstić information content (AvgIpc) is 3.85. The van der Waals surface area contributed by atoms with E-state index >= 15 is 0 Å². The maximum atomic E-state index is 12.8. The average molecular weight is 584 g/mol. The van der Waals surface area contributed by atoms with Gasteiger partial charge in [-0.25, -0.2) is 0 Å². The standard InChI is InChI=1S/C34H53N3O5/c1-31-11-12-33-19-34(33)10-9-27(42-30-18-37(13-14-40-30)29(39)15-20-3-4-20)32(2,36)26(34)8-7-22(33)24(31)17-25-23(31)6-5-21(41-25)16-28(35)38/h20-27,30H,3-19,36H2,1-2H3,(H2,35,38)/t21?,22?,23?,24?,25?,26?,27-,30?,31+,32?,33?,34?/m0/s1. The molecule has 2 amide bonds. The molecule has 2 heterocycles. The van der Waals surface area contributed by atoms with Crippen molar-refractivity contribution in [2.75, 3.05) is 19.7 Å². The fraction of sp³-hybridized carbons (Fsp3) is 0.941. The van der Waals surface area contributed by atoms with Gasteiger partial charge >= 0.3 is 0 Å². The van der Waals surface area contributed by atoms with Crippen molar-refractivity contribution < 1.29 is 23.8 Å². The maximum absolute atomic E-state index is 12.8. The number of hydrogen-bond donors (Lipinski definition) is 2. The third-order valence-electron chi connectivity index (χ3n) is 14.6. The number of nitrogens with zero attached hydrogens (tertiary/aromatic N) is 1. The minimum Gasteiger partial charge on any atom is -0.374 e. The van der Waals surface area contributed by atoms with E-state index < -0.39 is 5.54 Å². The number of hydrogen-bond acceptors (Lipinski definition) is 6. The zero-order valence-electron chi connectivity index (χ0n) is 25.9. The van der Waals surface area contributed by atoms with Crippen molar-refractivity contribution in [3.05, 3.63) is 0 Å². The molecule has 234 valence electrons. The Morgan fingerprint density at radius 2 is 1.74 bits per heavy atom. The van der Waals surface area contributed by atoms with Crippen LogP contribution >= 0.6 is 0 Å². The first-order valence-electron chi connectivity index (χ1n) is 17.3. The molecule has 10 unspecified atom stereocenters. The Labute approximate surface area is 251 Å². The van der Waals surface area contributed by atoms with Crippen LogP contribution in [0.5, 0.6) is 0 Å². The predicted molar refractivity (Wildman–Crippen MR) is 157 cm³/mol. The highest BCUT2D eigenvalue weighted by atomic mass is 16.7. The van der Waals surface area contributed by atoms with Crippen molar-refractivity contribution in [2.24, 2.45) is 57.3 Å². The number of amides is 2. The number of rotatable bonds is 6. The van der Waals surface area contributed by atoms with Gasteiger partial charge in [-0.05, 0) is 130 Å². The molecule has 0 bridgehead atoms. The van der Waals surface area contributed by atoms with Gasteiger partial charge in [-0.3, -0.25) is 9.59 Å². The lowest BCUT2D eigenvalue weighted by molar-refractivity contribution is -0.231. The van der Waals surface area contributed by atoms with Crippen LogP contribution in [-0.4, -0.2) is 66.6 Å². The van der Waals surface area contributed by atoms with E-state index in [1.54, 1.807) is 0 Å². The van der Waals surface area contributed by atoms with Gasteiger partial charge in [-0.15, -0.1) is 0 Å². The fourth-order valence-corrected chi connectivity index (χ4v) is 12.5. The van der Waals surface area contributed by atoms with E-state index in [0.717, 1.165) is 25.2 Å². The van der Waals surface area contributed by atoms with E-state index in [9.17, 15) is 9.59 Å². The third-order valence-corrected chi connectivity index (χ3v) is 14.6. The molecule has 8 heteroatoms. The summed E-state index contributed by atoms with van der Waals surface area (Å²) >= 11 is 0. The van der Waals surface area contributed by atoms with E-state index in [-0.39, 0.29) is 36.4 Å². The normalized spacial score (nSPS) is 52.8. The molecule has 4 N–H and O–H groups in total. The van der Waals surface area contributed by atoms with E-state index in [2.05, 4.69) is 13.8 Å². The molecule has 8 fully saturated rings. The van der Waals surface area contributed by atoms with E-state index in [4.69, 9.17) is 25.7 Å². The molecule has 2 spiro atoms. The van der Waals surface area contributed by atoms with Crippen LogP contribution in [0.15, 0.2) is 0 Å². The quantitative estimate of drug-likeness (QED) is 0.486. The Morgan fingerprint density at radius 3 is 2.52 bits per heavy atom. The molecule has 42 heavy (non-hydrogen) atoms. The molecule has 2 saturated heterocycles. The Morgan fingerprint density at radius 1 is 0.929 bits per heavy atom. The van der Waals surface area contributed by atoms with Gasteiger partial charge in [0.1, 0.15) is 0 Å².